The van der Waals surface area contributed by atoms with Gasteiger partial charge in [0, 0.05) is 6.04 Å². The smallest absolute Gasteiger partial charge is 0.407 e. The largest absolute Gasteiger partial charge is 0.508 e. The maximum absolute atomic E-state index is 12.1. The van der Waals surface area contributed by atoms with Crippen LogP contribution in [0, 0.1) is 5.92 Å². The topological polar surface area (TPSA) is 84.9 Å². The molecule has 0 fully saturated rings. The minimum absolute atomic E-state index is 0.181. The van der Waals surface area contributed by atoms with E-state index in [1.807, 2.05) is 0 Å². The van der Waals surface area contributed by atoms with Crippen LogP contribution >= 0.6 is 0 Å². The Kier molecular flexibility index (Phi) is 7.74. The number of phenolic OH excluding ortho intramolecular Hbond substituents is 1. The first kappa shape index (κ1) is 20.8. The zero-order valence-electron chi connectivity index (χ0n) is 15.7. The Morgan fingerprint density at radius 2 is 1.80 bits per heavy atom. The Hall–Kier alpha value is -2.24. The van der Waals surface area contributed by atoms with Crippen LogP contribution in [0.4, 0.5) is 4.79 Å². The third-order valence-corrected chi connectivity index (χ3v) is 3.47. The predicted molar refractivity (Wildman–Crippen MR) is 95.4 cm³/mol. The lowest BCUT2D eigenvalue weighted by atomic mass is 9.96. The van der Waals surface area contributed by atoms with Crippen LogP contribution in [0.2, 0.25) is 0 Å². The summed E-state index contributed by atoms with van der Waals surface area (Å²) in [4.78, 5) is 24.0. The molecule has 25 heavy (non-hydrogen) atoms. The number of hydrogen-bond donors (Lipinski definition) is 2. The zero-order chi connectivity index (χ0) is 19.0. The molecule has 6 heteroatoms. The van der Waals surface area contributed by atoms with Gasteiger partial charge in [-0.25, -0.2) is 4.79 Å². The molecule has 0 radical (unpaired) electrons. The molecule has 0 aliphatic rings. The van der Waals surface area contributed by atoms with E-state index in [1.54, 1.807) is 58.9 Å². The molecule has 140 valence electrons. The van der Waals surface area contributed by atoms with Crippen molar-refractivity contribution in [1.29, 1.82) is 0 Å². The fourth-order valence-corrected chi connectivity index (χ4v) is 2.39. The average Bonchev–Trinajstić information content (AvgIpc) is 2.47. The summed E-state index contributed by atoms with van der Waals surface area (Å²) in [6.07, 6.45) is 0.426. The van der Waals surface area contributed by atoms with Crippen LogP contribution in [0.15, 0.2) is 24.3 Å². The lowest BCUT2D eigenvalue weighted by molar-refractivity contribution is -0.147. The van der Waals surface area contributed by atoms with E-state index in [-0.39, 0.29) is 23.7 Å². The SMILES string of the molecule is CCOC(=O)[C@H](C)C[C@H](Cc1ccc(O)cc1)NC(=O)OC(C)(C)C. The highest BCUT2D eigenvalue weighted by Gasteiger charge is 2.24. The van der Waals surface area contributed by atoms with E-state index in [4.69, 9.17) is 9.47 Å². The van der Waals surface area contributed by atoms with E-state index >= 15 is 0 Å². The molecule has 0 unspecified atom stereocenters. The fraction of sp³-hybridized carbons (Fsp3) is 0.579. The second kappa shape index (κ2) is 9.30. The highest BCUT2D eigenvalue weighted by atomic mass is 16.6. The molecule has 0 saturated heterocycles. The van der Waals surface area contributed by atoms with E-state index < -0.39 is 11.7 Å². The van der Waals surface area contributed by atoms with Crippen LogP contribution < -0.4 is 5.32 Å². The quantitative estimate of drug-likeness (QED) is 0.735. The summed E-state index contributed by atoms with van der Waals surface area (Å²) in [5.74, 6) is -0.457. The van der Waals surface area contributed by atoms with Gasteiger partial charge in [0.25, 0.3) is 0 Å². The molecule has 1 amide bonds. The number of phenols is 1. The number of carbonyl (C=O) groups excluding carboxylic acids is 2. The molecule has 0 spiro atoms. The predicted octanol–water partition coefficient (Wildman–Crippen LogP) is 3.42. The zero-order valence-corrected chi connectivity index (χ0v) is 15.7. The molecule has 2 atom stereocenters. The summed E-state index contributed by atoms with van der Waals surface area (Å²) < 4.78 is 10.3. The number of hydrogen-bond acceptors (Lipinski definition) is 5. The van der Waals surface area contributed by atoms with E-state index in [0.717, 1.165) is 5.56 Å². The van der Waals surface area contributed by atoms with Crippen LogP contribution in [0.1, 0.15) is 46.6 Å². The number of aromatic hydroxyl groups is 1. The van der Waals surface area contributed by atoms with Crippen LogP contribution in [0.5, 0.6) is 5.75 Å². The highest BCUT2D eigenvalue weighted by Crippen LogP contribution is 2.17. The molecule has 0 saturated carbocycles. The van der Waals surface area contributed by atoms with E-state index in [0.29, 0.717) is 19.4 Å². The van der Waals surface area contributed by atoms with Gasteiger partial charge < -0.3 is 19.9 Å². The Bertz CT molecular complexity index is 562. The number of ether oxygens (including phenoxy) is 2. The van der Waals surface area contributed by atoms with Gasteiger partial charge in [0.2, 0.25) is 0 Å². The first-order valence-corrected chi connectivity index (χ1v) is 8.54. The number of esters is 1. The second-order valence-corrected chi connectivity index (χ2v) is 7.10. The van der Waals surface area contributed by atoms with E-state index in [9.17, 15) is 14.7 Å². The maximum Gasteiger partial charge on any atom is 0.407 e. The van der Waals surface area contributed by atoms with Crippen molar-refractivity contribution in [3.05, 3.63) is 29.8 Å². The van der Waals surface area contributed by atoms with Crippen molar-refractivity contribution in [3.63, 3.8) is 0 Å². The standard InChI is InChI=1S/C19H29NO5/c1-6-24-17(22)13(2)11-15(20-18(23)25-19(3,4)5)12-14-7-9-16(21)10-8-14/h7-10,13,15,21H,6,11-12H2,1-5H3,(H,20,23)/t13-,15-/m1/s1. The van der Waals surface area contributed by atoms with Gasteiger partial charge in [-0.2, -0.15) is 0 Å². The third kappa shape index (κ3) is 8.42. The normalized spacial score (nSPS) is 13.6. The molecule has 1 rings (SSSR count). The Labute approximate surface area is 149 Å². The number of alkyl carbamates (subject to hydrolysis) is 1. The molecule has 0 aromatic heterocycles. The van der Waals surface area contributed by atoms with Crippen LogP contribution in [0.3, 0.4) is 0 Å². The number of amides is 1. The second-order valence-electron chi connectivity index (χ2n) is 7.10. The summed E-state index contributed by atoms with van der Waals surface area (Å²) in [6, 6.07) is 6.46. The molecule has 6 nitrogen and oxygen atoms in total. The van der Waals surface area contributed by atoms with Gasteiger partial charge in [-0.3, -0.25) is 4.79 Å². The van der Waals surface area contributed by atoms with Crippen LogP contribution in [-0.4, -0.2) is 35.4 Å². The summed E-state index contributed by atoms with van der Waals surface area (Å²) in [5, 5.41) is 12.2. The summed E-state index contributed by atoms with van der Waals surface area (Å²) >= 11 is 0. The van der Waals surface area contributed by atoms with Crippen molar-refractivity contribution in [2.24, 2.45) is 5.92 Å². The number of rotatable bonds is 7. The lowest BCUT2D eigenvalue weighted by Crippen LogP contribution is -2.41. The molecule has 2 N–H and O–H groups in total. The fourth-order valence-electron chi connectivity index (χ4n) is 2.39. The maximum atomic E-state index is 12.1. The highest BCUT2D eigenvalue weighted by molar-refractivity contribution is 5.72. The summed E-state index contributed by atoms with van der Waals surface area (Å²) in [7, 11) is 0. The molecule has 0 aliphatic heterocycles. The van der Waals surface area contributed by atoms with Crippen molar-refractivity contribution in [1.82, 2.24) is 5.32 Å². The van der Waals surface area contributed by atoms with Gasteiger partial charge in [0.05, 0.1) is 12.5 Å². The average molecular weight is 351 g/mol. The van der Waals surface area contributed by atoms with Crippen molar-refractivity contribution in [2.75, 3.05) is 6.61 Å². The number of nitrogens with one attached hydrogen (secondary N) is 1. The summed E-state index contributed by atoms with van der Waals surface area (Å²) in [6.45, 7) is 9.25. The Morgan fingerprint density at radius 1 is 1.20 bits per heavy atom. The van der Waals surface area contributed by atoms with E-state index in [2.05, 4.69) is 5.32 Å². The number of carbonyl (C=O) groups is 2. The number of benzene rings is 1. The minimum atomic E-state index is -0.597. The van der Waals surface area contributed by atoms with Gasteiger partial charge in [0.15, 0.2) is 0 Å². The minimum Gasteiger partial charge on any atom is -0.508 e. The molecule has 1 aromatic carbocycles. The molecule has 1 aromatic rings. The van der Waals surface area contributed by atoms with Crippen molar-refractivity contribution < 1.29 is 24.2 Å². The van der Waals surface area contributed by atoms with Crippen LogP contribution in [0.25, 0.3) is 0 Å². The van der Waals surface area contributed by atoms with E-state index in [1.165, 1.54) is 0 Å². The van der Waals surface area contributed by atoms with Gasteiger partial charge in [0.1, 0.15) is 11.4 Å². The third-order valence-electron chi connectivity index (χ3n) is 3.47. The first-order valence-electron chi connectivity index (χ1n) is 8.54. The lowest BCUT2D eigenvalue weighted by Gasteiger charge is -2.25. The molecule has 0 bridgehead atoms. The van der Waals surface area contributed by atoms with Gasteiger partial charge in [-0.15, -0.1) is 0 Å². The first-order chi connectivity index (χ1) is 11.6. The molecular weight excluding hydrogens is 322 g/mol. The molecule has 0 aliphatic carbocycles. The van der Waals surface area contributed by atoms with Gasteiger partial charge in [-0.1, -0.05) is 19.1 Å². The Morgan fingerprint density at radius 3 is 2.32 bits per heavy atom. The molecule has 0 heterocycles. The Balaban J connectivity index is 2.79. The van der Waals surface area contributed by atoms with Crippen molar-refractivity contribution in [3.8, 4) is 5.75 Å². The van der Waals surface area contributed by atoms with Gasteiger partial charge in [-0.05, 0) is 58.2 Å². The monoisotopic (exact) mass is 351 g/mol. The van der Waals surface area contributed by atoms with Crippen molar-refractivity contribution in [2.45, 2.75) is 59.1 Å². The molecular formula is C19H29NO5. The van der Waals surface area contributed by atoms with Crippen LogP contribution in [-0.2, 0) is 20.7 Å². The van der Waals surface area contributed by atoms with Gasteiger partial charge >= 0.3 is 12.1 Å². The van der Waals surface area contributed by atoms with Crippen molar-refractivity contribution >= 4 is 12.1 Å². The summed E-state index contributed by atoms with van der Waals surface area (Å²) in [5.41, 5.74) is 0.342.